The maximum absolute atomic E-state index is 10.7. The van der Waals surface area contributed by atoms with Crippen LogP contribution in [0.15, 0.2) is 24.5 Å². The summed E-state index contributed by atoms with van der Waals surface area (Å²) in [6, 6.07) is 4.41. The van der Waals surface area contributed by atoms with E-state index in [1.54, 1.807) is 13.0 Å². The number of benzene rings is 1. The molecule has 0 unspecified atom stereocenters. The van der Waals surface area contributed by atoms with Crippen LogP contribution in [0.1, 0.15) is 24.5 Å². The van der Waals surface area contributed by atoms with Crippen molar-refractivity contribution in [2.24, 2.45) is 0 Å². The lowest BCUT2D eigenvalue weighted by atomic mass is 10.1. The molecule has 7 heteroatoms. The smallest absolute Gasteiger partial charge is 0.269 e. The maximum atomic E-state index is 10.7. The first-order chi connectivity index (χ1) is 10.0. The van der Waals surface area contributed by atoms with Crippen LogP contribution < -0.4 is 10.5 Å². The topological polar surface area (TPSA) is 104 Å². The summed E-state index contributed by atoms with van der Waals surface area (Å²) in [6.07, 6.45) is 2.92. The highest BCUT2D eigenvalue weighted by Crippen LogP contribution is 2.30. The Bertz CT molecular complexity index is 673. The summed E-state index contributed by atoms with van der Waals surface area (Å²) >= 11 is 0. The Morgan fingerprint density at radius 2 is 2.14 bits per heavy atom. The molecule has 0 amide bonds. The fraction of sp³-hybridized carbons (Fsp3) is 0.286. The van der Waals surface area contributed by atoms with E-state index in [-0.39, 0.29) is 5.69 Å². The van der Waals surface area contributed by atoms with Crippen LogP contribution in [0.4, 0.5) is 11.5 Å². The SMILES string of the molecule is CCCc1c(N)ncnc1Oc1ccc([N+](=O)[O-])cc1C. The van der Waals surface area contributed by atoms with Crippen molar-refractivity contribution < 1.29 is 9.66 Å². The molecule has 1 aromatic carbocycles. The monoisotopic (exact) mass is 288 g/mol. The Hall–Kier alpha value is -2.70. The van der Waals surface area contributed by atoms with Gasteiger partial charge in [-0.3, -0.25) is 10.1 Å². The quantitative estimate of drug-likeness (QED) is 0.669. The van der Waals surface area contributed by atoms with E-state index in [4.69, 9.17) is 10.5 Å². The first-order valence-corrected chi connectivity index (χ1v) is 6.55. The minimum Gasteiger partial charge on any atom is -0.438 e. The van der Waals surface area contributed by atoms with E-state index in [1.807, 2.05) is 6.92 Å². The van der Waals surface area contributed by atoms with E-state index >= 15 is 0 Å². The van der Waals surface area contributed by atoms with Crippen molar-refractivity contribution in [2.75, 3.05) is 5.73 Å². The van der Waals surface area contributed by atoms with Crippen molar-refractivity contribution >= 4 is 11.5 Å². The van der Waals surface area contributed by atoms with Crippen LogP contribution in [-0.2, 0) is 6.42 Å². The normalized spacial score (nSPS) is 10.4. The first kappa shape index (κ1) is 14.7. The summed E-state index contributed by atoms with van der Waals surface area (Å²) in [4.78, 5) is 18.4. The summed E-state index contributed by atoms with van der Waals surface area (Å²) in [5, 5.41) is 10.7. The summed E-state index contributed by atoms with van der Waals surface area (Å²) in [5.74, 6) is 1.29. The molecule has 0 bridgehead atoms. The van der Waals surface area contributed by atoms with Gasteiger partial charge in [0.05, 0.1) is 10.5 Å². The van der Waals surface area contributed by atoms with Gasteiger partial charge in [-0.2, -0.15) is 0 Å². The zero-order valence-corrected chi connectivity index (χ0v) is 11.9. The molecule has 1 heterocycles. The number of rotatable bonds is 5. The lowest BCUT2D eigenvalue weighted by Gasteiger charge is -2.12. The average Bonchev–Trinajstić information content (AvgIpc) is 2.44. The minimum absolute atomic E-state index is 0.0239. The van der Waals surface area contributed by atoms with Crippen LogP contribution >= 0.6 is 0 Å². The number of nitrogens with two attached hydrogens (primary N) is 1. The molecular formula is C14H16N4O3. The van der Waals surface area contributed by atoms with Crippen LogP contribution in [0.25, 0.3) is 0 Å². The molecule has 0 atom stereocenters. The average molecular weight is 288 g/mol. The molecule has 7 nitrogen and oxygen atoms in total. The minimum atomic E-state index is -0.442. The molecule has 2 rings (SSSR count). The lowest BCUT2D eigenvalue weighted by Crippen LogP contribution is -2.03. The van der Waals surface area contributed by atoms with E-state index in [2.05, 4.69) is 9.97 Å². The highest BCUT2D eigenvalue weighted by atomic mass is 16.6. The van der Waals surface area contributed by atoms with Gasteiger partial charge in [0, 0.05) is 12.1 Å². The molecule has 110 valence electrons. The number of aromatic nitrogens is 2. The molecule has 0 saturated carbocycles. The third-order valence-electron chi connectivity index (χ3n) is 3.02. The van der Waals surface area contributed by atoms with Crippen LogP contribution in [0, 0.1) is 17.0 Å². The first-order valence-electron chi connectivity index (χ1n) is 6.55. The van der Waals surface area contributed by atoms with Crippen molar-refractivity contribution in [1.82, 2.24) is 9.97 Å². The second-order valence-corrected chi connectivity index (χ2v) is 4.60. The van der Waals surface area contributed by atoms with Crippen molar-refractivity contribution in [1.29, 1.82) is 0 Å². The van der Waals surface area contributed by atoms with Gasteiger partial charge >= 0.3 is 0 Å². The van der Waals surface area contributed by atoms with Gasteiger partial charge in [-0.15, -0.1) is 0 Å². The number of aryl methyl sites for hydroxylation is 1. The van der Waals surface area contributed by atoms with E-state index in [0.717, 1.165) is 12.0 Å². The maximum Gasteiger partial charge on any atom is 0.269 e. The standard InChI is InChI=1S/C14H16N4O3/c1-3-4-11-13(15)16-8-17-14(11)21-12-6-5-10(18(19)20)7-9(12)2/h5-8H,3-4H2,1-2H3,(H2,15,16,17). The Kier molecular flexibility index (Phi) is 4.32. The molecule has 0 fully saturated rings. The van der Waals surface area contributed by atoms with Crippen molar-refractivity contribution in [2.45, 2.75) is 26.7 Å². The number of hydrogen-bond acceptors (Lipinski definition) is 6. The van der Waals surface area contributed by atoms with Crippen LogP contribution in [-0.4, -0.2) is 14.9 Å². The number of hydrogen-bond donors (Lipinski definition) is 1. The van der Waals surface area contributed by atoms with Gasteiger partial charge in [-0.25, -0.2) is 9.97 Å². The van der Waals surface area contributed by atoms with Crippen LogP contribution in [0.3, 0.4) is 0 Å². The summed E-state index contributed by atoms with van der Waals surface area (Å²) in [5.41, 5.74) is 7.27. The van der Waals surface area contributed by atoms with Crippen molar-refractivity contribution in [3.63, 3.8) is 0 Å². The molecule has 0 aliphatic heterocycles. The fourth-order valence-electron chi connectivity index (χ4n) is 1.95. The predicted molar refractivity (Wildman–Crippen MR) is 78.3 cm³/mol. The van der Waals surface area contributed by atoms with E-state index in [9.17, 15) is 10.1 Å². The lowest BCUT2D eigenvalue weighted by molar-refractivity contribution is -0.384. The molecule has 1 aromatic heterocycles. The third kappa shape index (κ3) is 3.25. The molecule has 0 aliphatic carbocycles. The van der Waals surface area contributed by atoms with Gasteiger partial charge in [0.25, 0.3) is 5.69 Å². The number of nitro benzene ring substituents is 1. The molecule has 2 aromatic rings. The van der Waals surface area contributed by atoms with Gasteiger partial charge in [0.15, 0.2) is 0 Å². The second kappa shape index (κ2) is 6.17. The Balaban J connectivity index is 2.34. The highest BCUT2D eigenvalue weighted by molar-refractivity contribution is 5.49. The fourth-order valence-corrected chi connectivity index (χ4v) is 1.95. The summed E-state index contributed by atoms with van der Waals surface area (Å²) < 4.78 is 5.75. The summed E-state index contributed by atoms with van der Waals surface area (Å²) in [6.45, 7) is 3.76. The van der Waals surface area contributed by atoms with E-state index in [1.165, 1.54) is 18.5 Å². The molecule has 0 radical (unpaired) electrons. The number of non-ortho nitro benzene ring substituents is 1. The molecular weight excluding hydrogens is 272 g/mol. The largest absolute Gasteiger partial charge is 0.438 e. The summed E-state index contributed by atoms with van der Waals surface area (Å²) in [7, 11) is 0. The molecule has 2 N–H and O–H groups in total. The highest BCUT2D eigenvalue weighted by Gasteiger charge is 2.14. The Morgan fingerprint density at radius 3 is 2.76 bits per heavy atom. The Labute approximate surface area is 121 Å². The molecule has 0 aliphatic rings. The predicted octanol–water partition coefficient (Wildman–Crippen LogP) is 3.02. The zero-order valence-electron chi connectivity index (χ0n) is 11.9. The Morgan fingerprint density at radius 1 is 1.38 bits per heavy atom. The van der Waals surface area contributed by atoms with Crippen LogP contribution in [0.2, 0.25) is 0 Å². The zero-order chi connectivity index (χ0) is 15.4. The van der Waals surface area contributed by atoms with Crippen molar-refractivity contribution in [3.8, 4) is 11.6 Å². The second-order valence-electron chi connectivity index (χ2n) is 4.60. The van der Waals surface area contributed by atoms with Crippen LogP contribution in [0.5, 0.6) is 11.6 Å². The van der Waals surface area contributed by atoms with Crippen molar-refractivity contribution in [3.05, 3.63) is 45.8 Å². The van der Waals surface area contributed by atoms with E-state index in [0.29, 0.717) is 29.4 Å². The van der Waals surface area contributed by atoms with Gasteiger partial charge in [-0.05, 0) is 25.0 Å². The van der Waals surface area contributed by atoms with Gasteiger partial charge in [0.2, 0.25) is 5.88 Å². The van der Waals surface area contributed by atoms with Gasteiger partial charge in [-0.1, -0.05) is 13.3 Å². The van der Waals surface area contributed by atoms with Gasteiger partial charge < -0.3 is 10.5 Å². The number of nitro groups is 1. The number of ether oxygens (including phenoxy) is 1. The number of nitrogens with zero attached hydrogens (tertiary/aromatic N) is 3. The third-order valence-corrected chi connectivity index (χ3v) is 3.02. The molecule has 0 spiro atoms. The number of anilines is 1. The molecule has 0 saturated heterocycles. The number of nitrogen functional groups attached to an aromatic ring is 1. The molecule has 21 heavy (non-hydrogen) atoms. The van der Waals surface area contributed by atoms with Gasteiger partial charge in [0.1, 0.15) is 17.9 Å². The van der Waals surface area contributed by atoms with E-state index < -0.39 is 4.92 Å².